The van der Waals surface area contributed by atoms with Crippen molar-refractivity contribution in [3.05, 3.63) is 101 Å². The van der Waals surface area contributed by atoms with Crippen LogP contribution in [0.3, 0.4) is 0 Å². The second-order valence-corrected chi connectivity index (χ2v) is 6.58. The highest BCUT2D eigenvalue weighted by Crippen LogP contribution is 2.33. The highest BCUT2D eigenvalue weighted by atomic mass is 19.1. The second kappa shape index (κ2) is 7.27. The first-order valence-corrected chi connectivity index (χ1v) is 8.83. The van der Waals surface area contributed by atoms with Gasteiger partial charge in [-0.1, -0.05) is 36.4 Å². The molecule has 4 aromatic rings. The first-order valence-electron chi connectivity index (χ1n) is 8.83. The molecule has 4 rings (SSSR count). The predicted octanol–water partition coefficient (Wildman–Crippen LogP) is 5.86. The third-order valence-corrected chi connectivity index (χ3v) is 4.62. The smallest absolute Gasteiger partial charge is 0.230 e. The summed E-state index contributed by atoms with van der Waals surface area (Å²) in [7, 11) is 0. The third-order valence-electron chi connectivity index (χ3n) is 4.62. The standard InChI is InChI=1S/C23H17F2NO2/c1-14-6-9-16(12-19(14)25)22(27)23-21(18-4-2-3-5-20(18)28-23)26-13-15-7-10-17(24)11-8-15/h2-12,26H,13H2,1H3. The van der Waals surface area contributed by atoms with Crippen LogP contribution in [0.4, 0.5) is 14.5 Å². The molecule has 5 heteroatoms. The Morgan fingerprint density at radius 1 is 1.00 bits per heavy atom. The number of furan rings is 1. The molecule has 0 saturated heterocycles. The number of hydrogen-bond acceptors (Lipinski definition) is 3. The molecule has 140 valence electrons. The third kappa shape index (κ3) is 3.39. The largest absolute Gasteiger partial charge is 0.450 e. The lowest BCUT2D eigenvalue weighted by molar-refractivity contribution is 0.101. The summed E-state index contributed by atoms with van der Waals surface area (Å²) in [6, 6.07) is 17.7. The average Bonchev–Trinajstić information content (AvgIpc) is 3.08. The van der Waals surface area contributed by atoms with Gasteiger partial charge in [0, 0.05) is 17.5 Å². The molecule has 0 radical (unpaired) electrons. The quantitative estimate of drug-likeness (QED) is 0.443. The molecular formula is C23H17F2NO2. The van der Waals surface area contributed by atoms with E-state index in [1.165, 1.54) is 18.2 Å². The van der Waals surface area contributed by atoms with Crippen molar-refractivity contribution in [2.75, 3.05) is 5.32 Å². The molecule has 0 amide bonds. The summed E-state index contributed by atoms with van der Waals surface area (Å²) in [5, 5.41) is 3.97. The Balaban J connectivity index is 1.73. The Labute approximate surface area is 160 Å². The summed E-state index contributed by atoms with van der Waals surface area (Å²) in [6.07, 6.45) is 0. The van der Waals surface area contributed by atoms with Gasteiger partial charge in [0.15, 0.2) is 5.76 Å². The molecule has 3 nitrogen and oxygen atoms in total. The first-order chi connectivity index (χ1) is 13.5. The fourth-order valence-electron chi connectivity index (χ4n) is 3.04. The Morgan fingerprint density at radius 3 is 2.50 bits per heavy atom. The van der Waals surface area contributed by atoms with Crippen molar-refractivity contribution in [1.29, 1.82) is 0 Å². The summed E-state index contributed by atoms with van der Waals surface area (Å²) >= 11 is 0. The van der Waals surface area contributed by atoms with Crippen LogP contribution < -0.4 is 5.32 Å². The number of para-hydroxylation sites is 1. The van der Waals surface area contributed by atoms with Gasteiger partial charge in [0.2, 0.25) is 5.78 Å². The van der Waals surface area contributed by atoms with Gasteiger partial charge in [-0.2, -0.15) is 0 Å². The highest BCUT2D eigenvalue weighted by molar-refractivity contribution is 6.14. The van der Waals surface area contributed by atoms with Crippen molar-refractivity contribution in [3.63, 3.8) is 0 Å². The average molecular weight is 377 g/mol. The summed E-state index contributed by atoms with van der Waals surface area (Å²) < 4.78 is 32.8. The van der Waals surface area contributed by atoms with E-state index in [2.05, 4.69) is 5.32 Å². The predicted molar refractivity (Wildman–Crippen MR) is 105 cm³/mol. The fourth-order valence-corrected chi connectivity index (χ4v) is 3.04. The molecular weight excluding hydrogens is 360 g/mol. The lowest BCUT2D eigenvalue weighted by atomic mass is 10.0. The van der Waals surface area contributed by atoms with Crippen LogP contribution >= 0.6 is 0 Å². The van der Waals surface area contributed by atoms with E-state index < -0.39 is 11.6 Å². The molecule has 0 spiro atoms. The van der Waals surface area contributed by atoms with E-state index in [0.717, 1.165) is 10.9 Å². The second-order valence-electron chi connectivity index (χ2n) is 6.58. The number of rotatable bonds is 5. The van der Waals surface area contributed by atoms with Crippen molar-refractivity contribution in [1.82, 2.24) is 0 Å². The minimum atomic E-state index is -0.442. The van der Waals surface area contributed by atoms with Gasteiger partial charge < -0.3 is 9.73 Å². The zero-order chi connectivity index (χ0) is 19.7. The maximum atomic E-state index is 13.9. The molecule has 0 aliphatic carbocycles. The molecule has 0 fully saturated rings. The number of anilines is 1. The molecule has 0 atom stereocenters. The van der Waals surface area contributed by atoms with Gasteiger partial charge >= 0.3 is 0 Å². The number of nitrogens with one attached hydrogen (secondary N) is 1. The lowest BCUT2D eigenvalue weighted by Crippen LogP contribution is -2.07. The number of benzene rings is 3. The van der Waals surface area contributed by atoms with E-state index in [-0.39, 0.29) is 17.1 Å². The Bertz CT molecular complexity index is 1160. The van der Waals surface area contributed by atoms with Crippen molar-refractivity contribution in [2.45, 2.75) is 13.5 Å². The van der Waals surface area contributed by atoms with E-state index >= 15 is 0 Å². The van der Waals surface area contributed by atoms with Gasteiger partial charge in [0.1, 0.15) is 17.2 Å². The van der Waals surface area contributed by atoms with Gasteiger partial charge in [-0.15, -0.1) is 0 Å². The number of hydrogen-bond donors (Lipinski definition) is 1. The minimum Gasteiger partial charge on any atom is -0.450 e. The molecule has 28 heavy (non-hydrogen) atoms. The number of carbonyl (C=O) groups excluding carboxylic acids is 1. The normalized spacial score (nSPS) is 11.0. The highest BCUT2D eigenvalue weighted by Gasteiger charge is 2.22. The van der Waals surface area contributed by atoms with Crippen LogP contribution in [0.25, 0.3) is 11.0 Å². The molecule has 3 aromatic carbocycles. The molecule has 0 aliphatic heterocycles. The Morgan fingerprint density at radius 2 is 1.75 bits per heavy atom. The summed E-state index contributed by atoms with van der Waals surface area (Å²) in [5.41, 5.74) is 2.63. The molecule has 1 heterocycles. The van der Waals surface area contributed by atoms with Crippen LogP contribution in [0, 0.1) is 18.6 Å². The number of aryl methyl sites for hydroxylation is 1. The summed E-state index contributed by atoms with van der Waals surface area (Å²) in [6.45, 7) is 2.02. The molecule has 0 saturated carbocycles. The SMILES string of the molecule is Cc1ccc(C(=O)c2oc3ccccc3c2NCc2ccc(F)cc2)cc1F. The van der Waals surface area contributed by atoms with E-state index in [4.69, 9.17) is 4.42 Å². The molecule has 0 bridgehead atoms. The van der Waals surface area contributed by atoms with Crippen LogP contribution in [0.5, 0.6) is 0 Å². The summed E-state index contributed by atoms with van der Waals surface area (Å²) in [5.74, 6) is -1.04. The lowest BCUT2D eigenvalue weighted by Gasteiger charge is -2.08. The first kappa shape index (κ1) is 17.9. The number of carbonyl (C=O) groups is 1. The van der Waals surface area contributed by atoms with Gasteiger partial charge in [-0.05, 0) is 48.4 Å². The van der Waals surface area contributed by atoms with Crippen LogP contribution in [-0.4, -0.2) is 5.78 Å². The van der Waals surface area contributed by atoms with E-state index in [0.29, 0.717) is 23.4 Å². The van der Waals surface area contributed by atoms with Gasteiger partial charge in [0.25, 0.3) is 0 Å². The van der Waals surface area contributed by atoms with E-state index in [9.17, 15) is 13.6 Å². The zero-order valence-corrected chi connectivity index (χ0v) is 15.1. The minimum absolute atomic E-state index is 0.117. The van der Waals surface area contributed by atoms with Crippen LogP contribution in [0.15, 0.2) is 71.1 Å². The fraction of sp³-hybridized carbons (Fsp3) is 0.0870. The Hall–Kier alpha value is -3.47. The molecule has 0 aliphatic rings. The number of fused-ring (bicyclic) bond motifs is 1. The maximum absolute atomic E-state index is 13.9. The van der Waals surface area contributed by atoms with Gasteiger partial charge in [-0.25, -0.2) is 8.78 Å². The monoisotopic (exact) mass is 377 g/mol. The van der Waals surface area contributed by atoms with Gasteiger partial charge in [0.05, 0.1) is 5.69 Å². The van der Waals surface area contributed by atoms with Crippen molar-refractivity contribution in [3.8, 4) is 0 Å². The van der Waals surface area contributed by atoms with Crippen LogP contribution in [0.1, 0.15) is 27.2 Å². The van der Waals surface area contributed by atoms with Gasteiger partial charge in [-0.3, -0.25) is 4.79 Å². The molecule has 0 unspecified atom stereocenters. The van der Waals surface area contributed by atoms with Crippen LogP contribution in [0.2, 0.25) is 0 Å². The molecule has 1 N–H and O–H groups in total. The van der Waals surface area contributed by atoms with E-state index in [1.807, 2.05) is 18.2 Å². The summed E-state index contributed by atoms with van der Waals surface area (Å²) in [4.78, 5) is 13.0. The molecule has 1 aromatic heterocycles. The maximum Gasteiger partial charge on any atom is 0.230 e. The van der Waals surface area contributed by atoms with Crippen molar-refractivity contribution < 1.29 is 18.0 Å². The van der Waals surface area contributed by atoms with E-state index in [1.54, 1.807) is 37.3 Å². The zero-order valence-electron chi connectivity index (χ0n) is 15.1. The number of halogens is 2. The number of ketones is 1. The van der Waals surface area contributed by atoms with Crippen molar-refractivity contribution >= 4 is 22.4 Å². The Kier molecular flexibility index (Phi) is 4.65. The topological polar surface area (TPSA) is 42.2 Å². The van der Waals surface area contributed by atoms with Crippen molar-refractivity contribution in [2.24, 2.45) is 0 Å². The van der Waals surface area contributed by atoms with Crippen LogP contribution in [-0.2, 0) is 6.54 Å².